The van der Waals surface area contributed by atoms with Crippen molar-refractivity contribution in [1.29, 1.82) is 0 Å². The van der Waals surface area contributed by atoms with E-state index in [0.717, 1.165) is 5.56 Å². The highest BCUT2D eigenvalue weighted by atomic mass is 32.2. The lowest BCUT2D eigenvalue weighted by Crippen LogP contribution is -2.08. The largest absolute Gasteiger partial charge is 0.494 e. The van der Waals surface area contributed by atoms with Crippen molar-refractivity contribution in [2.75, 3.05) is 18.6 Å². The molecule has 0 aliphatic carbocycles. The molecular formula is C11H16NO3S. The normalized spacial score (nSPS) is 11.4. The second kappa shape index (κ2) is 5.86. The van der Waals surface area contributed by atoms with E-state index < -0.39 is 9.84 Å². The molecule has 0 aliphatic heterocycles. The third kappa shape index (κ3) is 5.14. The lowest BCUT2D eigenvalue weighted by atomic mass is 10.2. The van der Waals surface area contributed by atoms with E-state index in [9.17, 15) is 8.42 Å². The third-order valence-electron chi connectivity index (χ3n) is 1.98. The second-order valence-corrected chi connectivity index (χ2v) is 5.85. The monoisotopic (exact) mass is 242 g/mol. The van der Waals surface area contributed by atoms with Crippen LogP contribution in [0.3, 0.4) is 0 Å². The maximum Gasteiger partial charge on any atom is 0.147 e. The zero-order valence-electron chi connectivity index (χ0n) is 9.27. The van der Waals surface area contributed by atoms with Crippen LogP contribution < -0.4 is 10.5 Å². The van der Waals surface area contributed by atoms with Crippen molar-refractivity contribution in [3.63, 3.8) is 0 Å². The molecule has 4 nitrogen and oxygen atoms in total. The average Bonchev–Trinajstić information content (AvgIpc) is 2.23. The quantitative estimate of drug-likeness (QED) is 0.748. The lowest BCUT2D eigenvalue weighted by Gasteiger charge is -2.06. The van der Waals surface area contributed by atoms with Crippen molar-refractivity contribution < 1.29 is 13.2 Å². The molecule has 1 aromatic rings. The molecule has 0 aromatic heterocycles. The molecule has 0 saturated carbocycles. The Labute approximate surface area is 96.3 Å². The highest BCUT2D eigenvalue weighted by molar-refractivity contribution is 7.90. The van der Waals surface area contributed by atoms with Crippen molar-refractivity contribution in [1.82, 2.24) is 0 Å². The molecule has 0 heterocycles. The van der Waals surface area contributed by atoms with Crippen LogP contribution in [0.15, 0.2) is 18.2 Å². The lowest BCUT2D eigenvalue weighted by molar-refractivity contribution is 0.317. The minimum atomic E-state index is -2.90. The first-order valence-electron chi connectivity index (χ1n) is 5.02. The summed E-state index contributed by atoms with van der Waals surface area (Å²) in [6.45, 7) is 0.807. The number of rotatable bonds is 6. The zero-order valence-corrected chi connectivity index (χ0v) is 10.1. The number of nitrogens with two attached hydrogens (primary N) is 1. The van der Waals surface area contributed by atoms with Crippen molar-refractivity contribution in [2.45, 2.75) is 13.0 Å². The Morgan fingerprint density at radius 2 is 2.25 bits per heavy atom. The minimum absolute atomic E-state index is 0.149. The fraction of sp³-hybridized carbons (Fsp3) is 0.455. The standard InChI is InChI=1S/C11H16NO3S/c1-16(13,14)7-3-6-15-11-5-2-4-10(8-11)9-12/h2,5,8H,3,6-7,9,12H2,1H3. The van der Waals surface area contributed by atoms with Gasteiger partial charge in [-0.15, -0.1) is 0 Å². The van der Waals surface area contributed by atoms with Gasteiger partial charge < -0.3 is 10.5 Å². The van der Waals surface area contributed by atoms with E-state index in [1.54, 1.807) is 18.2 Å². The van der Waals surface area contributed by atoms with Crippen LogP contribution in [0.2, 0.25) is 0 Å². The fourth-order valence-corrected chi connectivity index (χ4v) is 1.85. The summed E-state index contributed by atoms with van der Waals surface area (Å²) in [7, 11) is -2.90. The van der Waals surface area contributed by atoms with Gasteiger partial charge in [0.1, 0.15) is 15.6 Å². The van der Waals surface area contributed by atoms with Crippen molar-refractivity contribution in [3.8, 4) is 5.75 Å². The first-order chi connectivity index (χ1) is 7.51. The molecule has 89 valence electrons. The fourth-order valence-electron chi connectivity index (χ4n) is 1.21. The molecule has 0 spiro atoms. The van der Waals surface area contributed by atoms with Gasteiger partial charge in [-0.3, -0.25) is 0 Å². The molecule has 2 N–H and O–H groups in total. The summed E-state index contributed by atoms with van der Waals surface area (Å²) in [5, 5.41) is 0. The average molecular weight is 242 g/mol. The molecule has 0 fully saturated rings. The number of ether oxygens (including phenoxy) is 1. The predicted octanol–water partition coefficient (Wildman–Crippen LogP) is 0.759. The molecule has 0 unspecified atom stereocenters. The first kappa shape index (κ1) is 13.0. The predicted molar refractivity (Wildman–Crippen MR) is 63.0 cm³/mol. The van der Waals surface area contributed by atoms with Crippen LogP contribution in [-0.2, 0) is 16.4 Å². The second-order valence-electron chi connectivity index (χ2n) is 3.59. The van der Waals surface area contributed by atoms with Crippen LogP contribution in [0.1, 0.15) is 12.0 Å². The van der Waals surface area contributed by atoms with E-state index in [1.165, 1.54) is 6.26 Å². The Kier molecular flexibility index (Phi) is 4.76. The van der Waals surface area contributed by atoms with Crippen LogP contribution in [0, 0.1) is 6.07 Å². The summed E-state index contributed by atoms with van der Waals surface area (Å²) in [6.07, 6.45) is 1.71. The Bertz CT molecular complexity index is 429. The van der Waals surface area contributed by atoms with Gasteiger partial charge in [0.05, 0.1) is 12.4 Å². The SMILES string of the molecule is CS(=O)(=O)CCCOc1cc[c]c(CN)c1. The topological polar surface area (TPSA) is 69.4 Å². The van der Waals surface area contributed by atoms with Gasteiger partial charge in [0.25, 0.3) is 0 Å². The van der Waals surface area contributed by atoms with Crippen molar-refractivity contribution in [2.24, 2.45) is 5.73 Å². The Balaban J connectivity index is 2.37. The summed E-state index contributed by atoms with van der Waals surface area (Å²) in [4.78, 5) is 0. The number of sulfone groups is 1. The van der Waals surface area contributed by atoms with Crippen LogP contribution in [0.25, 0.3) is 0 Å². The van der Waals surface area contributed by atoms with Gasteiger partial charge in [-0.05, 0) is 30.2 Å². The molecule has 5 heteroatoms. The summed E-state index contributed by atoms with van der Waals surface area (Å²) in [6, 6.07) is 8.30. The number of hydrogen-bond donors (Lipinski definition) is 1. The van der Waals surface area contributed by atoms with Crippen LogP contribution in [0.5, 0.6) is 5.75 Å². The summed E-state index contributed by atoms with van der Waals surface area (Å²) in [5.74, 6) is 0.850. The van der Waals surface area contributed by atoms with Gasteiger partial charge >= 0.3 is 0 Å². The Hall–Kier alpha value is -1.07. The van der Waals surface area contributed by atoms with Crippen molar-refractivity contribution >= 4 is 9.84 Å². The van der Waals surface area contributed by atoms with Gasteiger partial charge in [-0.1, -0.05) is 6.07 Å². The number of hydrogen-bond acceptors (Lipinski definition) is 4. The van der Waals surface area contributed by atoms with Gasteiger partial charge in [0.15, 0.2) is 0 Å². The Morgan fingerprint density at radius 3 is 2.88 bits per heavy atom. The highest BCUT2D eigenvalue weighted by Crippen LogP contribution is 2.12. The molecule has 1 rings (SSSR count). The third-order valence-corrected chi connectivity index (χ3v) is 3.01. The molecule has 0 atom stereocenters. The Morgan fingerprint density at radius 1 is 1.50 bits per heavy atom. The maximum atomic E-state index is 10.9. The van der Waals surface area contributed by atoms with Gasteiger partial charge in [0.2, 0.25) is 0 Å². The molecule has 1 aromatic carbocycles. The van der Waals surface area contributed by atoms with Crippen LogP contribution in [-0.4, -0.2) is 27.0 Å². The smallest absolute Gasteiger partial charge is 0.147 e. The zero-order chi connectivity index (χ0) is 12.0. The summed E-state index contributed by atoms with van der Waals surface area (Å²) in [5.41, 5.74) is 6.34. The molecule has 0 saturated heterocycles. The minimum Gasteiger partial charge on any atom is -0.494 e. The summed E-state index contributed by atoms with van der Waals surface area (Å²) < 4.78 is 27.1. The first-order valence-corrected chi connectivity index (χ1v) is 7.08. The van der Waals surface area contributed by atoms with E-state index >= 15 is 0 Å². The molecule has 0 aliphatic rings. The maximum absolute atomic E-state index is 10.9. The van der Waals surface area contributed by atoms with E-state index in [0.29, 0.717) is 25.3 Å². The van der Waals surface area contributed by atoms with Crippen LogP contribution in [0.4, 0.5) is 0 Å². The van der Waals surface area contributed by atoms with E-state index in [-0.39, 0.29) is 5.75 Å². The highest BCUT2D eigenvalue weighted by Gasteiger charge is 2.02. The van der Waals surface area contributed by atoms with Crippen molar-refractivity contribution in [3.05, 3.63) is 29.8 Å². The molecule has 16 heavy (non-hydrogen) atoms. The number of benzene rings is 1. The van der Waals surface area contributed by atoms with Gasteiger partial charge in [-0.25, -0.2) is 8.42 Å². The van der Waals surface area contributed by atoms with E-state index in [4.69, 9.17) is 10.5 Å². The van der Waals surface area contributed by atoms with E-state index in [1.807, 2.05) is 0 Å². The molecule has 0 amide bonds. The van der Waals surface area contributed by atoms with Gasteiger partial charge in [0, 0.05) is 12.8 Å². The summed E-state index contributed by atoms with van der Waals surface area (Å²) >= 11 is 0. The van der Waals surface area contributed by atoms with Gasteiger partial charge in [-0.2, -0.15) is 0 Å². The van der Waals surface area contributed by atoms with E-state index in [2.05, 4.69) is 6.07 Å². The molecule has 0 bridgehead atoms. The molecular weight excluding hydrogens is 226 g/mol. The molecule has 1 radical (unpaired) electrons. The van der Waals surface area contributed by atoms with Crippen LogP contribution >= 0.6 is 0 Å².